The van der Waals surface area contributed by atoms with Gasteiger partial charge in [0.25, 0.3) is 0 Å². The summed E-state index contributed by atoms with van der Waals surface area (Å²) in [4.78, 5) is 18.0. The monoisotopic (exact) mass is 376 g/mol. The van der Waals surface area contributed by atoms with Crippen molar-refractivity contribution in [2.24, 2.45) is 0 Å². The van der Waals surface area contributed by atoms with E-state index in [9.17, 15) is 9.90 Å². The topological polar surface area (TPSA) is 62.7 Å². The van der Waals surface area contributed by atoms with Gasteiger partial charge in [-0.25, -0.2) is 9.78 Å². The van der Waals surface area contributed by atoms with Gasteiger partial charge in [-0.3, -0.25) is 0 Å². The van der Waals surface area contributed by atoms with Gasteiger partial charge in [0.15, 0.2) is 0 Å². The Hall–Kier alpha value is -1.05. The van der Waals surface area contributed by atoms with Crippen LogP contribution in [0.1, 0.15) is 32.0 Å². The van der Waals surface area contributed by atoms with Crippen molar-refractivity contribution in [2.75, 3.05) is 6.54 Å². The first-order valence-corrected chi connectivity index (χ1v) is 7.19. The van der Waals surface area contributed by atoms with Crippen LogP contribution in [0.15, 0.2) is 6.07 Å². The Morgan fingerprint density at radius 1 is 1.53 bits per heavy atom. The number of carbonyl (C=O) groups excluding carboxylic acids is 1. The van der Waals surface area contributed by atoms with Gasteiger partial charge in [-0.2, -0.15) is 0 Å². The minimum Gasteiger partial charge on any atom is -0.505 e. The van der Waals surface area contributed by atoms with Crippen molar-refractivity contribution < 1.29 is 14.6 Å². The van der Waals surface area contributed by atoms with Gasteiger partial charge in [0.05, 0.1) is 6.54 Å². The summed E-state index contributed by atoms with van der Waals surface area (Å²) < 4.78 is 5.95. The lowest BCUT2D eigenvalue weighted by Gasteiger charge is -2.30. The molecule has 19 heavy (non-hydrogen) atoms. The number of ether oxygens (including phenoxy) is 1. The Labute approximate surface area is 126 Å². The number of amides is 1. The average Bonchev–Trinajstić information content (AvgIpc) is 2.27. The first kappa shape index (κ1) is 14.4. The van der Waals surface area contributed by atoms with Crippen LogP contribution in [-0.4, -0.2) is 33.2 Å². The van der Waals surface area contributed by atoms with E-state index in [4.69, 9.17) is 4.74 Å². The van der Waals surface area contributed by atoms with Crippen molar-refractivity contribution in [1.29, 1.82) is 0 Å². The van der Waals surface area contributed by atoms with Crippen LogP contribution < -0.4 is 0 Å². The molecule has 0 bridgehead atoms. The predicted molar refractivity (Wildman–Crippen MR) is 79.0 cm³/mol. The van der Waals surface area contributed by atoms with E-state index in [0.717, 1.165) is 11.3 Å². The number of aromatic hydroxyl groups is 1. The molecule has 0 spiro atoms. The fourth-order valence-corrected chi connectivity index (χ4v) is 2.36. The van der Waals surface area contributed by atoms with Gasteiger partial charge in [-0.1, -0.05) is 0 Å². The molecule has 0 radical (unpaired) electrons. The van der Waals surface area contributed by atoms with E-state index in [1.54, 1.807) is 11.0 Å². The minimum atomic E-state index is -0.496. The lowest BCUT2D eigenvalue weighted by molar-refractivity contribution is 0.0222. The van der Waals surface area contributed by atoms with E-state index in [0.29, 0.717) is 23.2 Å². The predicted octanol–water partition coefficient (Wildman–Crippen LogP) is 2.69. The van der Waals surface area contributed by atoms with Crippen molar-refractivity contribution in [3.05, 3.63) is 21.0 Å². The Balaban J connectivity index is 2.14. The van der Waals surface area contributed by atoms with Gasteiger partial charge < -0.3 is 14.7 Å². The Morgan fingerprint density at radius 2 is 2.21 bits per heavy atom. The molecule has 2 heterocycles. The van der Waals surface area contributed by atoms with Crippen LogP contribution in [0, 0.1) is 3.70 Å². The second-order valence-electron chi connectivity index (χ2n) is 5.56. The van der Waals surface area contributed by atoms with Gasteiger partial charge in [0.2, 0.25) is 0 Å². The number of hydrogen-bond donors (Lipinski definition) is 1. The van der Waals surface area contributed by atoms with Crippen LogP contribution in [0.3, 0.4) is 0 Å². The molecule has 1 aromatic heterocycles. The molecule has 0 saturated heterocycles. The fraction of sp³-hybridized carbons (Fsp3) is 0.538. The van der Waals surface area contributed by atoms with E-state index in [-0.39, 0.29) is 11.8 Å². The summed E-state index contributed by atoms with van der Waals surface area (Å²) in [6.45, 7) is 6.56. The van der Waals surface area contributed by atoms with Crippen LogP contribution in [0.25, 0.3) is 0 Å². The SMILES string of the molecule is CC(C)(C)OC(=O)N1CCc2nc(I)c(O)cc2C1. The Morgan fingerprint density at radius 3 is 2.84 bits per heavy atom. The second kappa shape index (κ2) is 5.15. The highest BCUT2D eigenvalue weighted by atomic mass is 127. The molecule has 1 N–H and O–H groups in total. The minimum absolute atomic E-state index is 0.158. The molecule has 2 rings (SSSR count). The lowest BCUT2D eigenvalue weighted by atomic mass is 10.1. The molecule has 6 heteroatoms. The largest absolute Gasteiger partial charge is 0.505 e. The molecular formula is C13H17IN2O3. The van der Waals surface area contributed by atoms with E-state index >= 15 is 0 Å². The highest BCUT2D eigenvalue weighted by Gasteiger charge is 2.26. The molecule has 0 unspecified atom stereocenters. The van der Waals surface area contributed by atoms with Gasteiger partial charge in [0, 0.05) is 18.7 Å². The summed E-state index contributed by atoms with van der Waals surface area (Å²) in [5, 5.41) is 9.68. The standard InChI is InChI=1S/C13H17IN2O3/c1-13(2,3)19-12(18)16-5-4-9-8(7-16)6-10(17)11(14)15-9/h6,17H,4-5,7H2,1-3H3. The molecule has 0 fully saturated rings. The number of hydrogen-bond acceptors (Lipinski definition) is 4. The first-order valence-electron chi connectivity index (χ1n) is 6.11. The van der Waals surface area contributed by atoms with Gasteiger partial charge in [0.1, 0.15) is 15.1 Å². The van der Waals surface area contributed by atoms with E-state index < -0.39 is 5.60 Å². The molecule has 104 valence electrons. The molecule has 1 aromatic rings. The van der Waals surface area contributed by atoms with E-state index in [2.05, 4.69) is 4.98 Å². The number of halogens is 1. The van der Waals surface area contributed by atoms with Gasteiger partial charge in [-0.15, -0.1) is 0 Å². The number of fused-ring (bicyclic) bond motifs is 1. The van der Waals surface area contributed by atoms with E-state index in [1.807, 2.05) is 43.4 Å². The van der Waals surface area contributed by atoms with Crippen LogP contribution in [0.5, 0.6) is 5.75 Å². The summed E-state index contributed by atoms with van der Waals surface area (Å²) in [5.74, 6) is 0.158. The Kier molecular flexibility index (Phi) is 3.89. The maximum absolute atomic E-state index is 12.0. The van der Waals surface area contributed by atoms with Gasteiger partial charge in [-0.05, 0) is 55.0 Å². The molecule has 1 aliphatic rings. The summed E-state index contributed by atoms with van der Waals surface area (Å²) in [5.41, 5.74) is 1.33. The number of rotatable bonds is 0. The highest BCUT2D eigenvalue weighted by Crippen LogP contribution is 2.26. The van der Waals surface area contributed by atoms with Crippen LogP contribution in [0.4, 0.5) is 4.79 Å². The summed E-state index contributed by atoms with van der Waals surface area (Å²) in [7, 11) is 0. The van der Waals surface area contributed by atoms with Crippen LogP contribution in [0.2, 0.25) is 0 Å². The summed E-state index contributed by atoms with van der Waals surface area (Å²) in [6, 6.07) is 1.68. The maximum atomic E-state index is 12.0. The van der Waals surface area contributed by atoms with Crippen molar-refractivity contribution in [1.82, 2.24) is 9.88 Å². The average molecular weight is 376 g/mol. The fourth-order valence-electron chi connectivity index (χ4n) is 1.92. The number of nitrogens with zero attached hydrogens (tertiary/aromatic N) is 2. The summed E-state index contributed by atoms with van der Waals surface area (Å²) in [6.07, 6.45) is 0.362. The molecule has 5 nitrogen and oxygen atoms in total. The van der Waals surface area contributed by atoms with Crippen molar-refractivity contribution >= 4 is 28.7 Å². The number of aromatic nitrogens is 1. The second-order valence-corrected chi connectivity index (χ2v) is 6.58. The van der Waals surface area contributed by atoms with Gasteiger partial charge >= 0.3 is 6.09 Å². The first-order chi connectivity index (χ1) is 8.76. The molecule has 0 saturated carbocycles. The molecular weight excluding hydrogens is 359 g/mol. The van der Waals surface area contributed by atoms with Crippen LogP contribution >= 0.6 is 22.6 Å². The molecule has 0 aromatic carbocycles. The quantitative estimate of drug-likeness (QED) is 0.559. The molecule has 1 amide bonds. The van der Waals surface area contributed by atoms with E-state index in [1.165, 1.54) is 0 Å². The zero-order valence-corrected chi connectivity index (χ0v) is 13.4. The highest BCUT2D eigenvalue weighted by molar-refractivity contribution is 14.1. The third-order valence-corrected chi connectivity index (χ3v) is 3.55. The molecule has 0 atom stereocenters. The molecule has 1 aliphatic heterocycles. The number of pyridine rings is 1. The number of carbonyl (C=O) groups is 1. The lowest BCUT2D eigenvalue weighted by Crippen LogP contribution is -2.40. The smallest absolute Gasteiger partial charge is 0.410 e. The maximum Gasteiger partial charge on any atom is 0.410 e. The third kappa shape index (κ3) is 3.49. The van der Waals surface area contributed by atoms with Crippen molar-refractivity contribution in [3.63, 3.8) is 0 Å². The van der Waals surface area contributed by atoms with Crippen molar-refractivity contribution in [2.45, 2.75) is 39.3 Å². The normalized spacial score (nSPS) is 15.1. The zero-order chi connectivity index (χ0) is 14.2. The third-order valence-electron chi connectivity index (χ3n) is 2.76. The Bertz CT molecular complexity index is 511. The van der Waals surface area contributed by atoms with Crippen molar-refractivity contribution in [3.8, 4) is 5.75 Å². The van der Waals surface area contributed by atoms with Crippen LogP contribution in [-0.2, 0) is 17.7 Å². The zero-order valence-electron chi connectivity index (χ0n) is 11.2. The molecule has 0 aliphatic carbocycles. The summed E-state index contributed by atoms with van der Waals surface area (Å²) >= 11 is 2.00.